The summed E-state index contributed by atoms with van der Waals surface area (Å²) in [4.78, 5) is 0. The first-order valence-corrected chi connectivity index (χ1v) is 6.93. The zero-order valence-corrected chi connectivity index (χ0v) is 12.6. The Morgan fingerprint density at radius 3 is 2.65 bits per heavy atom. The van der Waals surface area contributed by atoms with Gasteiger partial charge < -0.3 is 5.11 Å². The Morgan fingerprint density at radius 2 is 2.05 bits per heavy atom. The third kappa shape index (κ3) is 2.72. The summed E-state index contributed by atoms with van der Waals surface area (Å²) >= 11 is 6.24. The van der Waals surface area contributed by atoms with Gasteiger partial charge in [0, 0.05) is 18.5 Å². The molecule has 0 aliphatic heterocycles. The fourth-order valence-corrected chi connectivity index (χ4v) is 2.56. The van der Waals surface area contributed by atoms with E-state index in [1.165, 1.54) is 6.07 Å². The van der Waals surface area contributed by atoms with E-state index in [0.717, 1.165) is 5.69 Å². The van der Waals surface area contributed by atoms with Crippen molar-refractivity contribution in [2.75, 3.05) is 0 Å². The summed E-state index contributed by atoms with van der Waals surface area (Å²) in [7, 11) is 0. The van der Waals surface area contributed by atoms with E-state index in [1.807, 2.05) is 13.8 Å². The maximum atomic E-state index is 13.9. The Bertz CT molecular complexity index is 622. The van der Waals surface area contributed by atoms with E-state index < -0.39 is 11.4 Å². The molecule has 2 rings (SSSR count). The number of nitrogens with zero attached hydrogens (tertiary/aromatic N) is 2. The van der Waals surface area contributed by atoms with Crippen molar-refractivity contribution in [2.45, 2.75) is 39.3 Å². The quantitative estimate of drug-likeness (QED) is 0.938. The highest BCUT2D eigenvalue weighted by Gasteiger charge is 2.30. The Labute approximate surface area is 123 Å². The smallest absolute Gasteiger partial charge is 0.129 e. The van der Waals surface area contributed by atoms with Crippen LogP contribution in [-0.4, -0.2) is 14.9 Å². The molecule has 0 bridgehead atoms. The Kier molecular flexibility index (Phi) is 4.16. The van der Waals surface area contributed by atoms with Crippen LogP contribution in [0.25, 0.3) is 0 Å². The summed E-state index contributed by atoms with van der Waals surface area (Å²) < 4.78 is 15.6. The predicted molar refractivity (Wildman–Crippen MR) is 77.3 cm³/mol. The molecule has 3 nitrogen and oxygen atoms in total. The van der Waals surface area contributed by atoms with Crippen LogP contribution in [0, 0.1) is 12.7 Å². The van der Waals surface area contributed by atoms with Crippen LogP contribution >= 0.6 is 11.6 Å². The second-order valence-corrected chi connectivity index (χ2v) is 5.47. The lowest BCUT2D eigenvalue weighted by Crippen LogP contribution is -2.27. The first-order valence-electron chi connectivity index (χ1n) is 6.56. The summed E-state index contributed by atoms with van der Waals surface area (Å²) in [6, 6.07) is 6.23. The van der Waals surface area contributed by atoms with Gasteiger partial charge in [0.2, 0.25) is 0 Å². The fraction of sp³-hybridized carbons (Fsp3) is 0.400. The number of halogens is 2. The molecule has 108 valence electrons. The van der Waals surface area contributed by atoms with Crippen LogP contribution in [-0.2, 0) is 18.6 Å². The summed E-state index contributed by atoms with van der Waals surface area (Å²) in [6.45, 7) is 6.00. The molecule has 0 aliphatic rings. The Balaban J connectivity index is 2.41. The van der Waals surface area contributed by atoms with Gasteiger partial charge in [-0.15, -0.1) is 0 Å². The standard InChI is InChI=1S/C15H18ClFN2O/c1-4-19-13(14(16)10(2)18-19)9-15(3,20)11-7-5-6-8-12(11)17/h5-8,20H,4,9H2,1-3H3. The lowest BCUT2D eigenvalue weighted by Gasteiger charge is -2.24. The molecule has 1 N–H and O–H groups in total. The SMILES string of the molecule is CCn1nc(C)c(Cl)c1CC(C)(O)c1ccccc1F. The van der Waals surface area contributed by atoms with Gasteiger partial charge in [-0.05, 0) is 26.8 Å². The van der Waals surface area contributed by atoms with Crippen LogP contribution in [0.3, 0.4) is 0 Å². The average molecular weight is 297 g/mol. The molecule has 0 spiro atoms. The number of hydrogen-bond donors (Lipinski definition) is 1. The van der Waals surface area contributed by atoms with Crippen LogP contribution in [0.15, 0.2) is 24.3 Å². The van der Waals surface area contributed by atoms with Gasteiger partial charge in [0.05, 0.1) is 22.0 Å². The molecule has 20 heavy (non-hydrogen) atoms. The minimum atomic E-state index is -1.34. The van der Waals surface area contributed by atoms with Crippen molar-refractivity contribution >= 4 is 11.6 Å². The predicted octanol–water partition coefficient (Wildman–Crippen LogP) is 3.45. The van der Waals surface area contributed by atoms with Crippen molar-refractivity contribution in [2.24, 2.45) is 0 Å². The Morgan fingerprint density at radius 1 is 1.40 bits per heavy atom. The van der Waals surface area contributed by atoms with Gasteiger partial charge >= 0.3 is 0 Å². The highest BCUT2D eigenvalue weighted by molar-refractivity contribution is 6.31. The summed E-state index contributed by atoms with van der Waals surface area (Å²) in [6.07, 6.45) is 0.210. The molecule has 1 aromatic carbocycles. The molecule has 2 aromatic rings. The second-order valence-electron chi connectivity index (χ2n) is 5.09. The first kappa shape index (κ1) is 15.0. The van der Waals surface area contributed by atoms with Crippen LogP contribution in [0.4, 0.5) is 4.39 Å². The van der Waals surface area contributed by atoms with Crippen molar-refractivity contribution in [3.05, 3.63) is 52.1 Å². The molecule has 1 aromatic heterocycles. The van der Waals surface area contributed by atoms with Gasteiger partial charge in [0.15, 0.2) is 0 Å². The molecule has 0 fully saturated rings. The van der Waals surface area contributed by atoms with Crippen LogP contribution in [0.1, 0.15) is 30.8 Å². The van der Waals surface area contributed by atoms with Crippen molar-refractivity contribution in [3.63, 3.8) is 0 Å². The second kappa shape index (κ2) is 5.54. The van der Waals surface area contributed by atoms with Gasteiger partial charge in [0.1, 0.15) is 5.82 Å². The van der Waals surface area contributed by atoms with Crippen LogP contribution < -0.4 is 0 Å². The number of benzene rings is 1. The van der Waals surface area contributed by atoms with E-state index in [1.54, 1.807) is 29.8 Å². The number of aromatic nitrogens is 2. The molecular formula is C15H18ClFN2O. The van der Waals surface area contributed by atoms with E-state index in [-0.39, 0.29) is 12.0 Å². The van der Waals surface area contributed by atoms with Crippen molar-refractivity contribution < 1.29 is 9.50 Å². The maximum absolute atomic E-state index is 13.9. The highest BCUT2D eigenvalue weighted by atomic mass is 35.5. The Hall–Kier alpha value is -1.39. The van der Waals surface area contributed by atoms with E-state index in [4.69, 9.17) is 11.6 Å². The van der Waals surface area contributed by atoms with Gasteiger partial charge in [0.25, 0.3) is 0 Å². The molecule has 1 unspecified atom stereocenters. The highest BCUT2D eigenvalue weighted by Crippen LogP contribution is 2.31. The van der Waals surface area contributed by atoms with Crippen molar-refractivity contribution in [1.82, 2.24) is 9.78 Å². The molecule has 0 saturated heterocycles. The largest absolute Gasteiger partial charge is 0.385 e. The first-order chi connectivity index (χ1) is 9.36. The lowest BCUT2D eigenvalue weighted by atomic mass is 9.90. The lowest BCUT2D eigenvalue weighted by molar-refractivity contribution is 0.0516. The van der Waals surface area contributed by atoms with Crippen LogP contribution in [0.5, 0.6) is 0 Å². The molecule has 0 amide bonds. The molecular weight excluding hydrogens is 279 g/mol. The van der Waals surface area contributed by atoms with E-state index >= 15 is 0 Å². The fourth-order valence-electron chi connectivity index (χ4n) is 2.36. The third-order valence-corrected chi connectivity index (χ3v) is 3.91. The van der Waals surface area contributed by atoms with E-state index in [2.05, 4.69) is 5.10 Å². The maximum Gasteiger partial charge on any atom is 0.129 e. The zero-order valence-electron chi connectivity index (χ0n) is 11.8. The van der Waals surface area contributed by atoms with Gasteiger partial charge in [-0.25, -0.2) is 4.39 Å². The summed E-state index contributed by atoms with van der Waals surface area (Å²) in [5.41, 5.74) is 0.360. The van der Waals surface area contributed by atoms with E-state index in [9.17, 15) is 9.50 Å². The molecule has 0 aliphatic carbocycles. The van der Waals surface area contributed by atoms with Crippen molar-refractivity contribution in [3.8, 4) is 0 Å². The van der Waals surface area contributed by atoms with Crippen molar-refractivity contribution in [1.29, 1.82) is 0 Å². The number of aliphatic hydroxyl groups is 1. The topological polar surface area (TPSA) is 38.0 Å². The molecule has 0 radical (unpaired) electrons. The molecule has 1 heterocycles. The number of aryl methyl sites for hydroxylation is 2. The third-order valence-electron chi connectivity index (χ3n) is 3.42. The number of hydrogen-bond acceptors (Lipinski definition) is 2. The number of rotatable bonds is 4. The normalized spacial score (nSPS) is 14.3. The molecule has 0 saturated carbocycles. The van der Waals surface area contributed by atoms with Crippen LogP contribution in [0.2, 0.25) is 5.02 Å². The summed E-state index contributed by atoms with van der Waals surface area (Å²) in [5, 5.41) is 15.5. The van der Waals surface area contributed by atoms with Gasteiger partial charge in [-0.1, -0.05) is 29.8 Å². The van der Waals surface area contributed by atoms with Gasteiger partial charge in [-0.3, -0.25) is 4.68 Å². The minimum absolute atomic E-state index is 0.210. The summed E-state index contributed by atoms with van der Waals surface area (Å²) in [5.74, 6) is -0.423. The average Bonchev–Trinajstić information content (AvgIpc) is 2.66. The van der Waals surface area contributed by atoms with Gasteiger partial charge in [-0.2, -0.15) is 5.10 Å². The zero-order chi connectivity index (χ0) is 14.9. The van der Waals surface area contributed by atoms with E-state index in [0.29, 0.717) is 17.3 Å². The monoisotopic (exact) mass is 296 g/mol. The minimum Gasteiger partial charge on any atom is -0.385 e. The molecule has 5 heteroatoms. The molecule has 1 atom stereocenters.